The molecular weight excluding hydrogens is 190 g/mol. The maximum absolute atomic E-state index is 5.94. The summed E-state index contributed by atoms with van der Waals surface area (Å²) in [4.78, 5) is 4.61. The van der Waals surface area contributed by atoms with Gasteiger partial charge in [-0.1, -0.05) is 6.92 Å². The first-order valence-corrected chi connectivity index (χ1v) is 5.71. The molecule has 0 aromatic carbocycles. The monoisotopic (exact) mass is 217 g/mol. The quantitative estimate of drug-likeness (QED) is 0.600. The summed E-state index contributed by atoms with van der Waals surface area (Å²) >= 11 is 0. The van der Waals surface area contributed by atoms with Gasteiger partial charge in [0.15, 0.2) is 0 Å². The molecule has 0 aliphatic heterocycles. The molecule has 1 atom stereocenters. The van der Waals surface area contributed by atoms with Crippen LogP contribution in [0.3, 0.4) is 0 Å². The summed E-state index contributed by atoms with van der Waals surface area (Å²) in [5, 5.41) is 0. The first-order chi connectivity index (χ1) is 7.10. The maximum Gasteiger partial charge on any atom is 0.0626 e. The number of nitrogens with two attached hydrogens (primary N) is 1. The van der Waals surface area contributed by atoms with Gasteiger partial charge in [0, 0.05) is 32.8 Å². The number of hydrogen-bond donors (Lipinski definition) is 1. The second-order valence-electron chi connectivity index (χ2n) is 4.32. The van der Waals surface area contributed by atoms with Crippen molar-refractivity contribution in [3.8, 4) is 0 Å². The molecule has 92 valence electrons. The Morgan fingerprint density at radius 3 is 2.33 bits per heavy atom. The van der Waals surface area contributed by atoms with Gasteiger partial charge in [0.25, 0.3) is 0 Å². The molecular formula is C11H27N3O. The highest BCUT2D eigenvalue weighted by Gasteiger charge is 2.09. The van der Waals surface area contributed by atoms with Crippen molar-refractivity contribution in [2.24, 2.45) is 5.73 Å². The predicted octanol–water partition coefficient (Wildman–Crippen LogP) is 0.234. The zero-order valence-corrected chi connectivity index (χ0v) is 10.7. The Bertz CT molecular complexity index is 142. The van der Waals surface area contributed by atoms with Crippen LogP contribution in [0.5, 0.6) is 0 Å². The average Bonchev–Trinajstić information content (AvgIpc) is 2.15. The van der Waals surface area contributed by atoms with E-state index in [0.717, 1.165) is 26.2 Å². The van der Waals surface area contributed by atoms with Crippen molar-refractivity contribution in [3.63, 3.8) is 0 Å². The van der Waals surface area contributed by atoms with Gasteiger partial charge in [0.05, 0.1) is 6.61 Å². The van der Waals surface area contributed by atoms with E-state index in [1.807, 2.05) is 0 Å². The van der Waals surface area contributed by atoms with Gasteiger partial charge < -0.3 is 20.3 Å². The highest BCUT2D eigenvalue weighted by Crippen LogP contribution is 1.94. The number of ether oxygens (including phenoxy) is 1. The van der Waals surface area contributed by atoms with Crippen molar-refractivity contribution in [1.29, 1.82) is 0 Å². The van der Waals surface area contributed by atoms with E-state index in [1.54, 1.807) is 7.11 Å². The summed E-state index contributed by atoms with van der Waals surface area (Å²) in [5.74, 6) is 0. The number of methoxy groups -OCH3 is 1. The van der Waals surface area contributed by atoms with Crippen LogP contribution in [0.15, 0.2) is 0 Å². The fourth-order valence-corrected chi connectivity index (χ4v) is 1.55. The van der Waals surface area contributed by atoms with Crippen molar-refractivity contribution >= 4 is 0 Å². The summed E-state index contributed by atoms with van der Waals surface area (Å²) in [7, 11) is 5.89. The molecule has 1 unspecified atom stereocenters. The molecule has 0 saturated carbocycles. The lowest BCUT2D eigenvalue weighted by Crippen LogP contribution is -2.43. The molecule has 0 saturated heterocycles. The fourth-order valence-electron chi connectivity index (χ4n) is 1.55. The first-order valence-electron chi connectivity index (χ1n) is 5.71. The van der Waals surface area contributed by atoms with Crippen molar-refractivity contribution in [3.05, 3.63) is 0 Å². The van der Waals surface area contributed by atoms with E-state index < -0.39 is 0 Å². The summed E-state index contributed by atoms with van der Waals surface area (Å²) < 4.78 is 5.05. The van der Waals surface area contributed by atoms with Gasteiger partial charge in [-0.3, -0.25) is 0 Å². The van der Waals surface area contributed by atoms with Gasteiger partial charge in [0.2, 0.25) is 0 Å². The lowest BCUT2D eigenvalue weighted by atomic mass is 10.3. The molecule has 15 heavy (non-hydrogen) atoms. The number of nitrogens with zero attached hydrogens (tertiary/aromatic N) is 2. The van der Waals surface area contributed by atoms with Crippen LogP contribution in [0.25, 0.3) is 0 Å². The van der Waals surface area contributed by atoms with Gasteiger partial charge in [-0.2, -0.15) is 0 Å². The van der Waals surface area contributed by atoms with E-state index in [4.69, 9.17) is 10.5 Å². The average molecular weight is 217 g/mol. The van der Waals surface area contributed by atoms with E-state index in [9.17, 15) is 0 Å². The third kappa shape index (κ3) is 8.81. The van der Waals surface area contributed by atoms with Crippen molar-refractivity contribution in [2.75, 3.05) is 54.0 Å². The van der Waals surface area contributed by atoms with E-state index >= 15 is 0 Å². The molecule has 0 rings (SSSR count). The molecule has 0 radical (unpaired) electrons. The third-order valence-corrected chi connectivity index (χ3v) is 2.28. The number of likely N-dealkylation sites (N-methyl/N-ethyl adjacent to an activating group) is 1. The van der Waals surface area contributed by atoms with Crippen molar-refractivity contribution in [2.45, 2.75) is 19.4 Å². The Morgan fingerprint density at radius 1 is 1.20 bits per heavy atom. The fraction of sp³-hybridized carbons (Fsp3) is 1.00. The highest BCUT2D eigenvalue weighted by molar-refractivity contribution is 4.68. The Kier molecular flexibility index (Phi) is 9.00. The third-order valence-electron chi connectivity index (χ3n) is 2.28. The highest BCUT2D eigenvalue weighted by atomic mass is 16.5. The normalized spacial score (nSPS) is 13.8. The van der Waals surface area contributed by atoms with Gasteiger partial charge in [-0.05, 0) is 27.1 Å². The summed E-state index contributed by atoms with van der Waals surface area (Å²) in [6, 6.07) is 0.128. The van der Waals surface area contributed by atoms with Crippen molar-refractivity contribution < 1.29 is 4.74 Å². The predicted molar refractivity (Wildman–Crippen MR) is 65.1 cm³/mol. The molecule has 0 bridgehead atoms. The zero-order chi connectivity index (χ0) is 11.7. The van der Waals surface area contributed by atoms with E-state index in [2.05, 4.69) is 30.8 Å². The molecule has 0 aliphatic carbocycles. The Hall–Kier alpha value is -0.160. The van der Waals surface area contributed by atoms with Crippen LogP contribution in [0.4, 0.5) is 0 Å². The summed E-state index contributed by atoms with van der Waals surface area (Å²) in [6.45, 7) is 7.05. The van der Waals surface area contributed by atoms with Crippen LogP contribution in [0.2, 0.25) is 0 Å². The first kappa shape index (κ1) is 14.8. The molecule has 0 spiro atoms. The van der Waals surface area contributed by atoms with E-state index in [1.165, 1.54) is 6.42 Å². The lowest BCUT2D eigenvalue weighted by Gasteiger charge is -2.26. The largest absolute Gasteiger partial charge is 0.383 e. The van der Waals surface area contributed by atoms with Crippen LogP contribution in [-0.2, 0) is 4.74 Å². The molecule has 0 amide bonds. The molecule has 0 fully saturated rings. The van der Waals surface area contributed by atoms with Gasteiger partial charge in [-0.25, -0.2) is 0 Å². The van der Waals surface area contributed by atoms with Crippen LogP contribution < -0.4 is 5.73 Å². The Labute approximate surface area is 94.4 Å². The van der Waals surface area contributed by atoms with Gasteiger partial charge in [-0.15, -0.1) is 0 Å². The van der Waals surface area contributed by atoms with Crippen LogP contribution >= 0.6 is 0 Å². The van der Waals surface area contributed by atoms with Crippen molar-refractivity contribution in [1.82, 2.24) is 9.80 Å². The minimum atomic E-state index is 0.128. The minimum absolute atomic E-state index is 0.128. The number of hydrogen-bond acceptors (Lipinski definition) is 4. The molecule has 4 heteroatoms. The molecule has 0 aliphatic rings. The molecule has 2 N–H and O–H groups in total. The second-order valence-corrected chi connectivity index (χ2v) is 4.32. The van der Waals surface area contributed by atoms with E-state index in [-0.39, 0.29) is 6.04 Å². The van der Waals surface area contributed by atoms with E-state index in [0.29, 0.717) is 6.61 Å². The summed E-state index contributed by atoms with van der Waals surface area (Å²) in [5.41, 5.74) is 5.94. The van der Waals surface area contributed by atoms with Crippen LogP contribution in [0.1, 0.15) is 13.3 Å². The van der Waals surface area contributed by atoms with Gasteiger partial charge in [0.1, 0.15) is 0 Å². The lowest BCUT2D eigenvalue weighted by molar-refractivity contribution is 0.149. The maximum atomic E-state index is 5.94. The zero-order valence-electron chi connectivity index (χ0n) is 10.7. The SMILES string of the molecule is CCCN(CCN(C)C)CC(N)COC. The Morgan fingerprint density at radius 2 is 1.87 bits per heavy atom. The minimum Gasteiger partial charge on any atom is -0.383 e. The standard InChI is InChI=1S/C11H27N3O/c1-5-6-14(8-7-13(2)3)9-11(12)10-15-4/h11H,5-10,12H2,1-4H3. The number of rotatable bonds is 9. The molecule has 4 nitrogen and oxygen atoms in total. The summed E-state index contributed by atoms with van der Waals surface area (Å²) in [6.07, 6.45) is 1.17. The second kappa shape index (κ2) is 9.09. The molecule has 0 heterocycles. The Balaban J connectivity index is 3.80. The topological polar surface area (TPSA) is 41.7 Å². The molecule has 0 aromatic heterocycles. The van der Waals surface area contributed by atoms with Gasteiger partial charge >= 0.3 is 0 Å². The van der Waals surface area contributed by atoms with Crippen LogP contribution in [-0.4, -0.2) is 69.8 Å². The van der Waals surface area contributed by atoms with Crippen LogP contribution in [0, 0.1) is 0 Å². The molecule has 0 aromatic rings. The smallest absolute Gasteiger partial charge is 0.0626 e.